The van der Waals surface area contributed by atoms with E-state index in [-0.39, 0.29) is 23.9 Å². The van der Waals surface area contributed by atoms with Crippen molar-refractivity contribution in [2.24, 2.45) is 0 Å². The van der Waals surface area contributed by atoms with Crippen LogP contribution in [0.3, 0.4) is 0 Å². The largest absolute Gasteiger partial charge is 0.508 e. The van der Waals surface area contributed by atoms with Crippen molar-refractivity contribution in [3.05, 3.63) is 119 Å². The van der Waals surface area contributed by atoms with Gasteiger partial charge in [-0.15, -0.1) is 0 Å². The van der Waals surface area contributed by atoms with Gasteiger partial charge in [0.2, 0.25) is 5.91 Å². The molecule has 1 aliphatic carbocycles. The predicted molar refractivity (Wildman–Crippen MR) is 209 cm³/mol. The van der Waals surface area contributed by atoms with Crippen LogP contribution in [-0.4, -0.2) is 110 Å². The van der Waals surface area contributed by atoms with Crippen molar-refractivity contribution in [3.8, 4) is 11.5 Å². The van der Waals surface area contributed by atoms with Crippen LogP contribution in [0, 0.1) is 0 Å². The second-order valence-corrected chi connectivity index (χ2v) is 14.7. The lowest BCUT2D eigenvalue weighted by Crippen LogP contribution is -2.57. The summed E-state index contributed by atoms with van der Waals surface area (Å²) in [6.45, 7) is 7.62. The van der Waals surface area contributed by atoms with Gasteiger partial charge in [-0.2, -0.15) is 0 Å². The number of rotatable bonds is 8. The Kier molecular flexibility index (Phi) is 10.4. The first-order chi connectivity index (χ1) is 26.4. The zero-order valence-corrected chi connectivity index (χ0v) is 30.6. The zero-order valence-electron chi connectivity index (χ0n) is 30.6. The second kappa shape index (κ2) is 15.8. The number of piperazine rings is 2. The lowest BCUT2D eigenvalue weighted by atomic mass is 9.69. The van der Waals surface area contributed by atoms with Crippen molar-refractivity contribution >= 4 is 29.3 Å². The quantitative estimate of drug-likeness (QED) is 0.242. The molecule has 5 amide bonds. The Labute approximate surface area is 316 Å². The molecule has 0 unspecified atom stereocenters. The number of carbonyl (C=O) groups is 3. The van der Waals surface area contributed by atoms with Crippen molar-refractivity contribution < 1.29 is 24.2 Å². The highest BCUT2D eigenvalue weighted by Crippen LogP contribution is 2.47. The Hall–Kier alpha value is -5.55. The normalized spacial score (nSPS) is 20.7. The minimum Gasteiger partial charge on any atom is -0.508 e. The van der Waals surface area contributed by atoms with Gasteiger partial charge < -0.3 is 24.5 Å². The predicted octanol–water partition coefficient (Wildman–Crippen LogP) is 5.64. The van der Waals surface area contributed by atoms with Crippen LogP contribution in [0.5, 0.6) is 11.5 Å². The number of ether oxygens (including phenoxy) is 1. The van der Waals surface area contributed by atoms with Crippen LogP contribution < -0.4 is 19.9 Å². The van der Waals surface area contributed by atoms with E-state index in [1.54, 1.807) is 4.90 Å². The van der Waals surface area contributed by atoms with Crippen LogP contribution in [-0.2, 0) is 11.2 Å². The number of hydrogen-bond acceptors (Lipinski definition) is 7. The van der Waals surface area contributed by atoms with Crippen LogP contribution in [0.25, 0.3) is 0 Å². The maximum atomic E-state index is 13.4. The van der Waals surface area contributed by atoms with E-state index in [1.807, 2.05) is 46.2 Å². The molecule has 4 aromatic rings. The minimum atomic E-state index is -0.384. The molecular formula is C43H48N6O5. The number of nitrogens with one attached hydrogen (secondary N) is 1. The Morgan fingerprint density at radius 3 is 2.11 bits per heavy atom. The lowest BCUT2D eigenvalue weighted by Gasteiger charge is -2.41. The Morgan fingerprint density at radius 2 is 1.41 bits per heavy atom. The van der Waals surface area contributed by atoms with E-state index >= 15 is 0 Å². The van der Waals surface area contributed by atoms with Crippen LogP contribution in [0.1, 0.15) is 46.9 Å². The van der Waals surface area contributed by atoms with Gasteiger partial charge in [-0.25, -0.2) is 9.59 Å². The minimum absolute atomic E-state index is 0.110. The van der Waals surface area contributed by atoms with Crippen molar-refractivity contribution in [2.75, 3.05) is 81.9 Å². The third kappa shape index (κ3) is 7.72. The topological polar surface area (TPSA) is 109 Å². The summed E-state index contributed by atoms with van der Waals surface area (Å²) in [6.07, 6.45) is 2.28. The van der Waals surface area contributed by atoms with Gasteiger partial charge in [0.15, 0.2) is 0 Å². The highest BCUT2D eigenvalue weighted by Gasteiger charge is 2.33. The number of amides is 5. The molecule has 3 heterocycles. The number of carbonyl (C=O) groups excluding carboxylic acids is 3. The number of phenols is 1. The fourth-order valence-electron chi connectivity index (χ4n) is 8.51. The molecular weight excluding hydrogens is 681 g/mol. The molecule has 11 heteroatoms. The highest BCUT2D eigenvalue weighted by molar-refractivity contribution is 6.05. The summed E-state index contributed by atoms with van der Waals surface area (Å²) in [5.41, 5.74) is 6.93. The van der Waals surface area contributed by atoms with E-state index in [9.17, 15) is 19.5 Å². The fraction of sp³-hybridized carbons (Fsp3) is 0.372. The van der Waals surface area contributed by atoms with Crippen molar-refractivity contribution in [3.63, 3.8) is 0 Å². The number of nitrogens with zero attached hydrogens (tertiary/aromatic N) is 5. The lowest BCUT2D eigenvalue weighted by molar-refractivity contribution is -0.120. The van der Waals surface area contributed by atoms with Crippen molar-refractivity contribution in [1.82, 2.24) is 20.0 Å². The van der Waals surface area contributed by atoms with Gasteiger partial charge in [0, 0.05) is 89.2 Å². The number of fused-ring (bicyclic) bond motifs is 1. The monoisotopic (exact) mass is 728 g/mol. The average Bonchev–Trinajstić information content (AvgIpc) is 3.21. The second-order valence-electron chi connectivity index (χ2n) is 14.7. The number of phenolic OH excluding ortho intramolecular Hbond substituents is 1. The molecule has 2 atom stereocenters. The van der Waals surface area contributed by atoms with E-state index in [0.29, 0.717) is 57.4 Å². The third-order valence-electron chi connectivity index (χ3n) is 11.5. The number of hydrogen-bond donors (Lipinski definition) is 2. The molecule has 3 saturated heterocycles. The highest BCUT2D eigenvalue weighted by atomic mass is 16.5. The number of anilines is 2. The molecule has 11 nitrogen and oxygen atoms in total. The third-order valence-corrected chi connectivity index (χ3v) is 11.5. The summed E-state index contributed by atoms with van der Waals surface area (Å²) in [4.78, 5) is 47.2. The van der Waals surface area contributed by atoms with E-state index in [4.69, 9.17) is 4.74 Å². The Bertz CT molecular complexity index is 1940. The van der Waals surface area contributed by atoms with Gasteiger partial charge in [0.1, 0.15) is 18.1 Å². The van der Waals surface area contributed by atoms with Crippen LogP contribution in [0.15, 0.2) is 97.1 Å². The van der Waals surface area contributed by atoms with Gasteiger partial charge in [-0.1, -0.05) is 48.5 Å². The van der Waals surface area contributed by atoms with Gasteiger partial charge in [-0.05, 0) is 89.5 Å². The molecule has 2 N–H and O–H groups in total. The average molecular weight is 729 g/mol. The number of aryl methyl sites for hydroxylation is 1. The summed E-state index contributed by atoms with van der Waals surface area (Å²) in [5.74, 6) is 1.51. The maximum Gasteiger partial charge on any atom is 0.328 e. The summed E-state index contributed by atoms with van der Waals surface area (Å²) in [6, 6.07) is 32.7. The first-order valence-electron chi connectivity index (χ1n) is 19.2. The summed E-state index contributed by atoms with van der Waals surface area (Å²) < 4.78 is 6.21. The van der Waals surface area contributed by atoms with Crippen molar-refractivity contribution in [1.29, 1.82) is 0 Å². The molecule has 54 heavy (non-hydrogen) atoms. The molecule has 3 aliphatic heterocycles. The Morgan fingerprint density at radius 1 is 0.722 bits per heavy atom. The molecule has 0 bridgehead atoms. The van der Waals surface area contributed by atoms with Crippen LogP contribution in [0.4, 0.5) is 21.0 Å². The van der Waals surface area contributed by atoms with E-state index in [2.05, 4.69) is 75.8 Å². The van der Waals surface area contributed by atoms with Gasteiger partial charge in [0.05, 0.1) is 0 Å². The first kappa shape index (κ1) is 35.5. The molecule has 280 valence electrons. The summed E-state index contributed by atoms with van der Waals surface area (Å²) in [7, 11) is 0. The Balaban J connectivity index is 0.784. The van der Waals surface area contributed by atoms with Gasteiger partial charge in [0.25, 0.3) is 0 Å². The van der Waals surface area contributed by atoms with E-state index in [0.717, 1.165) is 62.7 Å². The molecule has 0 saturated carbocycles. The molecule has 4 aliphatic rings. The van der Waals surface area contributed by atoms with Gasteiger partial charge in [-0.3, -0.25) is 19.9 Å². The molecule has 0 spiro atoms. The van der Waals surface area contributed by atoms with Crippen molar-refractivity contribution in [2.45, 2.75) is 31.1 Å². The van der Waals surface area contributed by atoms with Crippen LogP contribution >= 0.6 is 0 Å². The molecule has 4 aromatic carbocycles. The summed E-state index contributed by atoms with van der Waals surface area (Å²) in [5, 5.41) is 12.5. The molecule has 8 rings (SSSR count). The fourth-order valence-corrected chi connectivity index (χ4v) is 8.51. The number of aromatic hydroxyl groups is 1. The number of benzene rings is 4. The number of imide groups is 1. The standard InChI is InChI=1S/C43H48N6O5/c50-36-13-17-39-33(30-36)8-16-38(31-4-2-1-3-5-31)41(39)32-6-14-37(15-7-32)54-29-28-45-20-22-47(23-21-45)43(53)48-26-24-46(25-27-48)34-9-11-35(12-10-34)49-19-18-40(51)44-42(49)52/h1-7,9-15,17,30,38,41,50H,8,16,18-29H2,(H,44,51,52)/t38-,41+/m1/s1. The van der Waals surface area contributed by atoms with Crippen LogP contribution in [0.2, 0.25) is 0 Å². The molecule has 0 aromatic heterocycles. The molecule has 0 radical (unpaired) electrons. The van der Waals surface area contributed by atoms with Gasteiger partial charge >= 0.3 is 12.1 Å². The smallest absolute Gasteiger partial charge is 0.328 e. The van der Waals surface area contributed by atoms with E-state index < -0.39 is 0 Å². The zero-order chi connectivity index (χ0) is 37.0. The first-order valence-corrected chi connectivity index (χ1v) is 19.2. The SMILES string of the molecule is O=C1CCN(c2ccc(N3CCN(C(=O)N4CCN(CCOc5ccc([C@@H]6c7ccc(O)cc7CC[C@@H]6c6ccccc6)cc5)CC4)CC3)cc2)C(=O)N1. The number of urea groups is 2. The maximum absolute atomic E-state index is 13.4. The summed E-state index contributed by atoms with van der Waals surface area (Å²) >= 11 is 0. The van der Waals surface area contributed by atoms with E-state index in [1.165, 1.54) is 22.3 Å². The molecule has 3 fully saturated rings.